The van der Waals surface area contributed by atoms with Gasteiger partial charge in [0, 0.05) is 31.9 Å². The maximum atomic E-state index is 11.0. The van der Waals surface area contributed by atoms with Crippen molar-refractivity contribution in [3.8, 4) is 0 Å². The number of carbonyl (C=O) groups excluding carboxylic acids is 1. The summed E-state index contributed by atoms with van der Waals surface area (Å²) in [5, 5.41) is 12.0. The van der Waals surface area contributed by atoms with E-state index in [1.54, 1.807) is 13.2 Å². The number of hydrogen-bond donors (Lipinski definition) is 2. The molecule has 1 aliphatic rings. The molecule has 4 heteroatoms. The van der Waals surface area contributed by atoms with Crippen molar-refractivity contribution in [1.82, 2.24) is 5.32 Å². The van der Waals surface area contributed by atoms with E-state index in [0.29, 0.717) is 19.4 Å². The first-order valence-electron chi connectivity index (χ1n) is 4.86. The third kappa shape index (κ3) is 3.47. The molecule has 1 unspecified atom stereocenters. The third-order valence-electron chi connectivity index (χ3n) is 2.21. The van der Waals surface area contributed by atoms with Crippen LogP contribution in [0.25, 0.3) is 0 Å². The van der Waals surface area contributed by atoms with Crippen LogP contribution in [0.1, 0.15) is 19.3 Å². The van der Waals surface area contributed by atoms with Crippen LogP contribution in [0.3, 0.4) is 0 Å². The van der Waals surface area contributed by atoms with Crippen LogP contribution in [0.2, 0.25) is 0 Å². The lowest BCUT2D eigenvalue weighted by molar-refractivity contribution is -0.114. The first-order chi connectivity index (χ1) is 6.76. The topological polar surface area (TPSA) is 58.6 Å². The summed E-state index contributed by atoms with van der Waals surface area (Å²) in [6, 6.07) is 0.0992. The Hall–Kier alpha value is -0.870. The molecule has 0 heterocycles. The molecule has 0 radical (unpaired) electrons. The highest BCUT2D eigenvalue weighted by Gasteiger charge is 2.15. The minimum atomic E-state index is 0.0992. The normalized spacial score (nSPS) is 18.1. The van der Waals surface area contributed by atoms with Gasteiger partial charge in [0.05, 0.1) is 12.6 Å². The molecule has 80 valence electrons. The van der Waals surface area contributed by atoms with Gasteiger partial charge in [-0.25, -0.2) is 0 Å². The van der Waals surface area contributed by atoms with Crippen LogP contribution >= 0.6 is 0 Å². The average Bonchev–Trinajstić information content (AvgIpc) is 2.52. The molecule has 4 nitrogen and oxygen atoms in total. The Bertz CT molecular complexity index is 219. The van der Waals surface area contributed by atoms with Crippen molar-refractivity contribution >= 4 is 5.78 Å². The summed E-state index contributed by atoms with van der Waals surface area (Å²) in [7, 11) is 1.63. The van der Waals surface area contributed by atoms with Gasteiger partial charge in [-0.05, 0) is 12.8 Å². The number of nitrogens with one attached hydrogen (secondary N) is 1. The van der Waals surface area contributed by atoms with E-state index in [0.717, 1.165) is 12.1 Å². The van der Waals surface area contributed by atoms with Crippen LogP contribution in [-0.2, 0) is 9.53 Å². The summed E-state index contributed by atoms with van der Waals surface area (Å²) in [6.45, 7) is 0.675. The number of aliphatic hydroxyl groups excluding tert-OH is 1. The van der Waals surface area contributed by atoms with E-state index in [-0.39, 0.29) is 18.4 Å². The Balaban J connectivity index is 2.38. The molecule has 0 aliphatic heterocycles. The summed E-state index contributed by atoms with van der Waals surface area (Å²) in [5.41, 5.74) is 0.963. The zero-order valence-corrected chi connectivity index (χ0v) is 8.45. The van der Waals surface area contributed by atoms with Gasteiger partial charge >= 0.3 is 0 Å². The average molecular weight is 199 g/mol. The fourth-order valence-electron chi connectivity index (χ4n) is 1.53. The minimum absolute atomic E-state index is 0.0992. The highest BCUT2D eigenvalue weighted by molar-refractivity contribution is 5.92. The van der Waals surface area contributed by atoms with Crippen molar-refractivity contribution in [2.24, 2.45) is 0 Å². The van der Waals surface area contributed by atoms with Crippen molar-refractivity contribution in [3.63, 3.8) is 0 Å². The van der Waals surface area contributed by atoms with Crippen molar-refractivity contribution in [3.05, 3.63) is 11.8 Å². The molecule has 14 heavy (non-hydrogen) atoms. The largest absolute Gasteiger partial charge is 0.396 e. The Morgan fingerprint density at radius 2 is 2.43 bits per heavy atom. The second-order valence-corrected chi connectivity index (χ2v) is 3.44. The van der Waals surface area contributed by atoms with E-state index in [1.807, 2.05) is 0 Å². The Kier molecular flexibility index (Phi) is 4.62. The number of allylic oxidation sites excluding steroid dienone is 2. The van der Waals surface area contributed by atoms with E-state index in [4.69, 9.17) is 9.84 Å². The monoisotopic (exact) mass is 199 g/mol. The van der Waals surface area contributed by atoms with Crippen LogP contribution in [0.4, 0.5) is 0 Å². The summed E-state index contributed by atoms with van der Waals surface area (Å²) in [6.07, 6.45) is 3.66. The molecule has 0 amide bonds. The maximum absolute atomic E-state index is 11.0. The molecule has 0 aromatic carbocycles. The number of carbonyl (C=O) groups is 1. The molecule has 0 saturated heterocycles. The molecule has 0 spiro atoms. The molecular weight excluding hydrogens is 182 g/mol. The minimum Gasteiger partial charge on any atom is -0.396 e. The number of ether oxygens (including phenoxy) is 1. The second-order valence-electron chi connectivity index (χ2n) is 3.44. The highest BCUT2D eigenvalue weighted by atomic mass is 16.5. The molecule has 0 fully saturated rings. The van der Waals surface area contributed by atoms with Gasteiger partial charge in [0.25, 0.3) is 0 Å². The summed E-state index contributed by atoms with van der Waals surface area (Å²) >= 11 is 0. The number of hydrogen-bond acceptors (Lipinski definition) is 4. The van der Waals surface area contributed by atoms with Gasteiger partial charge in [-0.15, -0.1) is 0 Å². The fraction of sp³-hybridized carbons (Fsp3) is 0.700. The zero-order chi connectivity index (χ0) is 10.4. The predicted molar refractivity (Wildman–Crippen MR) is 52.8 cm³/mol. The standard InChI is InChI=1S/C10H17NO3/c1-14-7-9(4-5-12)11-8-2-3-10(13)6-8/h6,9,11-12H,2-5,7H2,1H3. The van der Waals surface area contributed by atoms with Gasteiger partial charge in [-0.2, -0.15) is 0 Å². The summed E-state index contributed by atoms with van der Waals surface area (Å²) in [5.74, 6) is 0.174. The maximum Gasteiger partial charge on any atom is 0.157 e. The lowest BCUT2D eigenvalue weighted by Crippen LogP contribution is -2.33. The molecule has 0 saturated carbocycles. The van der Waals surface area contributed by atoms with Gasteiger partial charge in [-0.1, -0.05) is 0 Å². The molecule has 0 bridgehead atoms. The van der Waals surface area contributed by atoms with Gasteiger partial charge in [0.1, 0.15) is 0 Å². The number of ketones is 1. The lowest BCUT2D eigenvalue weighted by Gasteiger charge is -2.18. The van der Waals surface area contributed by atoms with Crippen molar-refractivity contribution in [2.75, 3.05) is 20.3 Å². The van der Waals surface area contributed by atoms with Crippen LogP contribution in [0.5, 0.6) is 0 Å². The SMILES string of the molecule is COCC(CCO)NC1=CC(=O)CC1. The van der Waals surface area contributed by atoms with Crippen LogP contribution < -0.4 is 5.32 Å². The quantitative estimate of drug-likeness (QED) is 0.642. The first-order valence-corrected chi connectivity index (χ1v) is 4.86. The number of rotatable bonds is 6. The first kappa shape index (κ1) is 11.2. The fourth-order valence-corrected chi connectivity index (χ4v) is 1.53. The van der Waals surface area contributed by atoms with E-state index in [9.17, 15) is 4.79 Å². The number of methoxy groups -OCH3 is 1. The van der Waals surface area contributed by atoms with E-state index >= 15 is 0 Å². The van der Waals surface area contributed by atoms with E-state index in [2.05, 4.69) is 5.32 Å². The smallest absolute Gasteiger partial charge is 0.157 e. The summed E-state index contributed by atoms with van der Waals surface area (Å²) < 4.78 is 5.01. The van der Waals surface area contributed by atoms with Crippen LogP contribution in [0, 0.1) is 0 Å². The molecule has 1 rings (SSSR count). The Labute approximate surface area is 83.9 Å². The van der Waals surface area contributed by atoms with Crippen molar-refractivity contribution in [1.29, 1.82) is 0 Å². The molecule has 1 atom stereocenters. The Morgan fingerprint density at radius 3 is 2.93 bits per heavy atom. The molecule has 0 aromatic heterocycles. The van der Waals surface area contributed by atoms with E-state index < -0.39 is 0 Å². The van der Waals surface area contributed by atoms with E-state index in [1.165, 1.54) is 0 Å². The Morgan fingerprint density at radius 1 is 1.64 bits per heavy atom. The van der Waals surface area contributed by atoms with Gasteiger partial charge in [-0.3, -0.25) is 4.79 Å². The van der Waals surface area contributed by atoms with Crippen molar-refractivity contribution < 1.29 is 14.6 Å². The predicted octanol–water partition coefficient (Wildman–Crippen LogP) is 0.220. The third-order valence-corrected chi connectivity index (χ3v) is 2.21. The van der Waals surface area contributed by atoms with Crippen molar-refractivity contribution in [2.45, 2.75) is 25.3 Å². The van der Waals surface area contributed by atoms with Gasteiger partial charge in [0.2, 0.25) is 0 Å². The molecule has 2 N–H and O–H groups in total. The highest BCUT2D eigenvalue weighted by Crippen LogP contribution is 2.13. The van der Waals surface area contributed by atoms with Crippen LogP contribution in [-0.4, -0.2) is 37.3 Å². The van der Waals surface area contributed by atoms with Gasteiger partial charge in [0.15, 0.2) is 5.78 Å². The molecule has 0 aromatic rings. The molecule has 1 aliphatic carbocycles. The number of aliphatic hydroxyl groups is 1. The summed E-state index contributed by atoms with van der Waals surface area (Å²) in [4.78, 5) is 11.0. The van der Waals surface area contributed by atoms with Crippen LogP contribution in [0.15, 0.2) is 11.8 Å². The lowest BCUT2D eigenvalue weighted by atomic mass is 10.2. The second kappa shape index (κ2) is 5.78. The zero-order valence-electron chi connectivity index (χ0n) is 8.45. The van der Waals surface area contributed by atoms with Gasteiger partial charge < -0.3 is 15.2 Å². The molecular formula is C10H17NO3.